The van der Waals surface area contributed by atoms with Crippen molar-refractivity contribution in [3.05, 3.63) is 0 Å². The quantitative estimate of drug-likeness (QED) is 0.624. The number of nitrogens with one attached hydrogen (secondary N) is 1. The number of methoxy groups -OCH3 is 1. The van der Waals surface area contributed by atoms with E-state index in [0.29, 0.717) is 6.42 Å². The molecule has 5 nitrogen and oxygen atoms in total. The number of hydrogen-bond acceptors (Lipinski definition) is 4. The molecular weight excluding hydrogens is 206 g/mol. The van der Waals surface area contributed by atoms with Gasteiger partial charge in [0.2, 0.25) is 10.0 Å². The third-order valence-corrected chi connectivity index (χ3v) is 3.10. The number of aliphatic hydroxyl groups is 1. The van der Waals surface area contributed by atoms with E-state index in [1.54, 1.807) is 13.8 Å². The van der Waals surface area contributed by atoms with Crippen molar-refractivity contribution in [1.29, 1.82) is 0 Å². The van der Waals surface area contributed by atoms with Crippen LogP contribution in [0.2, 0.25) is 0 Å². The second-order valence-electron chi connectivity index (χ2n) is 3.42. The Morgan fingerprint density at radius 1 is 1.43 bits per heavy atom. The van der Waals surface area contributed by atoms with Crippen LogP contribution in [0.15, 0.2) is 0 Å². The van der Waals surface area contributed by atoms with Gasteiger partial charge in [-0.1, -0.05) is 0 Å². The third-order valence-electron chi connectivity index (χ3n) is 1.63. The Morgan fingerprint density at radius 2 is 2.00 bits per heavy atom. The van der Waals surface area contributed by atoms with E-state index >= 15 is 0 Å². The molecule has 2 unspecified atom stereocenters. The molecular formula is C8H19NO4S. The summed E-state index contributed by atoms with van der Waals surface area (Å²) >= 11 is 0. The average molecular weight is 225 g/mol. The van der Waals surface area contributed by atoms with Crippen LogP contribution in [0.25, 0.3) is 0 Å². The molecule has 6 heteroatoms. The second kappa shape index (κ2) is 6.34. The molecule has 0 bridgehead atoms. The minimum atomic E-state index is -3.27. The predicted molar refractivity (Wildman–Crippen MR) is 54.6 cm³/mol. The molecule has 0 saturated heterocycles. The number of sulfonamides is 1. The smallest absolute Gasteiger partial charge is 0.214 e. The SMILES string of the molecule is COCCS(=O)(=O)NC(C)CC(C)O. The highest BCUT2D eigenvalue weighted by Gasteiger charge is 2.15. The molecule has 86 valence electrons. The predicted octanol–water partition coefficient (Wildman–Crippen LogP) is -0.288. The van der Waals surface area contributed by atoms with Crippen molar-refractivity contribution < 1.29 is 18.3 Å². The molecule has 0 aliphatic carbocycles. The lowest BCUT2D eigenvalue weighted by Gasteiger charge is -2.15. The monoisotopic (exact) mass is 225 g/mol. The van der Waals surface area contributed by atoms with Crippen molar-refractivity contribution >= 4 is 10.0 Å². The van der Waals surface area contributed by atoms with Gasteiger partial charge in [-0.25, -0.2) is 13.1 Å². The summed E-state index contributed by atoms with van der Waals surface area (Å²) in [5.74, 6) is -0.0480. The Balaban J connectivity index is 3.96. The van der Waals surface area contributed by atoms with Gasteiger partial charge in [0, 0.05) is 13.2 Å². The van der Waals surface area contributed by atoms with Crippen molar-refractivity contribution in [2.45, 2.75) is 32.4 Å². The van der Waals surface area contributed by atoms with Crippen LogP contribution in [0.1, 0.15) is 20.3 Å². The summed E-state index contributed by atoms with van der Waals surface area (Å²) < 4.78 is 29.7. The van der Waals surface area contributed by atoms with Gasteiger partial charge in [-0.15, -0.1) is 0 Å². The Kier molecular flexibility index (Phi) is 6.26. The maximum absolute atomic E-state index is 11.3. The average Bonchev–Trinajstić information content (AvgIpc) is 1.98. The molecule has 0 spiro atoms. The summed E-state index contributed by atoms with van der Waals surface area (Å²) in [6, 6.07) is -0.253. The first-order valence-electron chi connectivity index (χ1n) is 4.54. The highest BCUT2D eigenvalue weighted by atomic mass is 32.2. The summed E-state index contributed by atoms with van der Waals surface area (Å²) in [6.07, 6.45) is -0.0956. The summed E-state index contributed by atoms with van der Waals surface area (Å²) in [5, 5.41) is 9.04. The molecule has 0 radical (unpaired) electrons. The highest BCUT2D eigenvalue weighted by molar-refractivity contribution is 7.89. The van der Waals surface area contributed by atoms with Crippen LogP contribution in [0, 0.1) is 0 Å². The molecule has 0 aromatic carbocycles. The molecule has 0 fully saturated rings. The molecule has 14 heavy (non-hydrogen) atoms. The van der Waals surface area contributed by atoms with Gasteiger partial charge < -0.3 is 9.84 Å². The van der Waals surface area contributed by atoms with E-state index in [0.717, 1.165) is 0 Å². The fraction of sp³-hybridized carbons (Fsp3) is 1.00. The van der Waals surface area contributed by atoms with Crippen molar-refractivity contribution in [2.24, 2.45) is 0 Å². The van der Waals surface area contributed by atoms with E-state index in [-0.39, 0.29) is 18.4 Å². The largest absolute Gasteiger partial charge is 0.393 e. The van der Waals surface area contributed by atoms with E-state index in [4.69, 9.17) is 5.11 Å². The van der Waals surface area contributed by atoms with E-state index < -0.39 is 16.1 Å². The second-order valence-corrected chi connectivity index (χ2v) is 5.29. The van der Waals surface area contributed by atoms with Crippen LogP contribution < -0.4 is 4.72 Å². The zero-order valence-electron chi connectivity index (χ0n) is 8.86. The zero-order valence-corrected chi connectivity index (χ0v) is 9.67. The van der Waals surface area contributed by atoms with Crippen LogP contribution >= 0.6 is 0 Å². The third kappa shape index (κ3) is 7.25. The Labute approximate surface area is 85.5 Å². The molecule has 2 atom stereocenters. The van der Waals surface area contributed by atoms with Crippen LogP contribution in [-0.4, -0.2) is 45.1 Å². The molecule has 0 rings (SSSR count). The number of ether oxygens (including phenoxy) is 1. The molecule has 2 N–H and O–H groups in total. The lowest BCUT2D eigenvalue weighted by Crippen LogP contribution is -2.37. The maximum Gasteiger partial charge on any atom is 0.214 e. The van der Waals surface area contributed by atoms with Gasteiger partial charge in [-0.3, -0.25) is 0 Å². The van der Waals surface area contributed by atoms with Crippen LogP contribution in [0.3, 0.4) is 0 Å². The van der Waals surface area contributed by atoms with E-state index in [9.17, 15) is 8.42 Å². The first-order valence-corrected chi connectivity index (χ1v) is 6.19. The lowest BCUT2D eigenvalue weighted by molar-refractivity contribution is 0.174. The van der Waals surface area contributed by atoms with Gasteiger partial charge in [-0.2, -0.15) is 0 Å². The van der Waals surface area contributed by atoms with Crippen molar-refractivity contribution in [1.82, 2.24) is 4.72 Å². The minimum absolute atomic E-state index is 0.0480. The van der Waals surface area contributed by atoms with Gasteiger partial charge in [0.25, 0.3) is 0 Å². The molecule has 0 saturated carbocycles. The van der Waals surface area contributed by atoms with Crippen molar-refractivity contribution in [3.8, 4) is 0 Å². The summed E-state index contributed by atoms with van der Waals surface area (Å²) in [7, 11) is -1.82. The van der Waals surface area contributed by atoms with Gasteiger partial charge in [0.15, 0.2) is 0 Å². The standard InChI is InChI=1S/C8H19NO4S/c1-7(6-8(2)10)9-14(11,12)5-4-13-3/h7-10H,4-6H2,1-3H3. The first-order chi connectivity index (χ1) is 6.37. The molecule has 0 aliphatic heterocycles. The maximum atomic E-state index is 11.3. The van der Waals surface area contributed by atoms with E-state index in [1.807, 2.05) is 0 Å². The summed E-state index contributed by atoms with van der Waals surface area (Å²) in [4.78, 5) is 0. The number of aliphatic hydroxyl groups excluding tert-OH is 1. The Morgan fingerprint density at radius 3 is 2.43 bits per heavy atom. The fourth-order valence-electron chi connectivity index (χ4n) is 1.12. The molecule has 0 heterocycles. The van der Waals surface area contributed by atoms with Gasteiger partial charge in [0.05, 0.1) is 18.5 Å². The van der Waals surface area contributed by atoms with Gasteiger partial charge >= 0.3 is 0 Å². The number of hydrogen-bond donors (Lipinski definition) is 2. The van der Waals surface area contributed by atoms with Crippen molar-refractivity contribution in [2.75, 3.05) is 19.5 Å². The normalized spacial score (nSPS) is 16.6. The molecule has 0 aromatic rings. The highest BCUT2D eigenvalue weighted by Crippen LogP contribution is 1.99. The fourth-order valence-corrected chi connectivity index (χ4v) is 2.33. The first kappa shape index (κ1) is 13.8. The van der Waals surface area contributed by atoms with Gasteiger partial charge in [0.1, 0.15) is 0 Å². The molecule has 0 aliphatic rings. The van der Waals surface area contributed by atoms with Crippen LogP contribution in [0.4, 0.5) is 0 Å². The number of rotatable bonds is 7. The summed E-state index contributed by atoms with van der Waals surface area (Å²) in [6.45, 7) is 3.52. The van der Waals surface area contributed by atoms with E-state index in [2.05, 4.69) is 9.46 Å². The zero-order chi connectivity index (χ0) is 11.2. The Bertz CT molecular complexity index is 238. The molecule has 0 amide bonds. The molecule has 0 aromatic heterocycles. The van der Waals surface area contributed by atoms with Gasteiger partial charge in [-0.05, 0) is 20.3 Å². The summed E-state index contributed by atoms with van der Waals surface area (Å²) in [5.41, 5.74) is 0. The van der Waals surface area contributed by atoms with Crippen LogP contribution in [0.5, 0.6) is 0 Å². The van der Waals surface area contributed by atoms with Crippen molar-refractivity contribution in [3.63, 3.8) is 0 Å². The van der Waals surface area contributed by atoms with Crippen LogP contribution in [-0.2, 0) is 14.8 Å². The van der Waals surface area contributed by atoms with E-state index in [1.165, 1.54) is 7.11 Å². The minimum Gasteiger partial charge on any atom is -0.393 e. The topological polar surface area (TPSA) is 75.6 Å². The lowest BCUT2D eigenvalue weighted by atomic mass is 10.2. The Hall–Kier alpha value is -0.170.